The van der Waals surface area contributed by atoms with Crippen LogP contribution in [0.4, 0.5) is 5.95 Å². The van der Waals surface area contributed by atoms with Gasteiger partial charge in [-0.3, -0.25) is 4.79 Å². The lowest BCUT2D eigenvalue weighted by Crippen LogP contribution is -2.50. The molecule has 0 aliphatic heterocycles. The van der Waals surface area contributed by atoms with Crippen LogP contribution in [0.3, 0.4) is 0 Å². The molecule has 4 aromatic rings. The van der Waals surface area contributed by atoms with Crippen molar-refractivity contribution in [1.82, 2.24) is 24.9 Å². The van der Waals surface area contributed by atoms with E-state index in [9.17, 15) is 18.3 Å². The summed E-state index contributed by atoms with van der Waals surface area (Å²) >= 11 is 5.97. The Balaban J connectivity index is 1.48. The Morgan fingerprint density at radius 2 is 1.70 bits per heavy atom. The quantitative estimate of drug-likeness (QED) is 0.278. The monoisotopic (exact) mass is 538 g/mol. The van der Waals surface area contributed by atoms with Crippen LogP contribution in [0.5, 0.6) is 0 Å². The van der Waals surface area contributed by atoms with Gasteiger partial charge in [-0.25, -0.2) is 8.42 Å². The third-order valence-electron chi connectivity index (χ3n) is 6.51. The van der Waals surface area contributed by atoms with Gasteiger partial charge in [-0.05, 0) is 52.6 Å². The molecule has 10 nitrogen and oxygen atoms in total. The first kappa shape index (κ1) is 24.9. The van der Waals surface area contributed by atoms with Crippen LogP contribution in [0.15, 0.2) is 83.8 Å². The number of aromatic nitrogens is 4. The van der Waals surface area contributed by atoms with Crippen molar-refractivity contribution in [2.75, 3.05) is 18.4 Å². The number of tetrazole rings is 1. The summed E-state index contributed by atoms with van der Waals surface area (Å²) < 4.78 is 29.0. The minimum atomic E-state index is -4.20. The molecular weight excluding hydrogens is 516 g/mol. The topological polar surface area (TPSA) is 141 Å². The van der Waals surface area contributed by atoms with E-state index in [0.29, 0.717) is 5.02 Å². The van der Waals surface area contributed by atoms with Crippen LogP contribution >= 0.6 is 11.6 Å². The summed E-state index contributed by atoms with van der Waals surface area (Å²) in [5.74, 6) is -1.49. The average molecular weight is 539 g/mol. The van der Waals surface area contributed by atoms with Crippen LogP contribution in [0.1, 0.15) is 17.9 Å². The number of carboxylic acid groups (broad SMARTS) is 1. The molecule has 0 spiro atoms. The molecule has 1 aliphatic carbocycles. The number of rotatable bonds is 10. The van der Waals surface area contributed by atoms with Gasteiger partial charge in [-0.15, -0.1) is 5.10 Å². The zero-order chi connectivity index (χ0) is 26.0. The molecule has 1 aromatic heterocycles. The summed E-state index contributed by atoms with van der Waals surface area (Å²) in [7, 11) is -4.20. The van der Waals surface area contributed by atoms with Crippen LogP contribution in [-0.2, 0) is 14.8 Å². The first-order valence-electron chi connectivity index (χ1n) is 11.5. The standard InChI is InChI=1S/C25H23ClN6O4S/c26-20-10-6-17(7-11-20)18-8-12-21(13-9-18)37(35,36)32(15-14-27-24-28-30-31-29-24)25(23(33)34)16-22(25)19-4-2-1-3-5-19/h1-13,22H,14-16H2,(H,33,34)(H2,27,28,29,30,31)/t22-,25+/m0/s1. The van der Waals surface area contributed by atoms with Crippen LogP contribution in [0.25, 0.3) is 11.1 Å². The number of carboxylic acids is 1. The molecule has 1 aliphatic rings. The molecule has 0 bridgehead atoms. The van der Waals surface area contributed by atoms with E-state index in [1.807, 2.05) is 42.5 Å². The number of nitrogens with one attached hydrogen (secondary N) is 2. The Hall–Kier alpha value is -3.80. The molecule has 1 heterocycles. The normalized spacial score (nSPS) is 19.0. The molecule has 3 aromatic carbocycles. The predicted octanol–water partition coefficient (Wildman–Crippen LogP) is 3.63. The number of benzene rings is 3. The van der Waals surface area contributed by atoms with Gasteiger partial charge in [-0.2, -0.15) is 9.52 Å². The highest BCUT2D eigenvalue weighted by atomic mass is 35.5. The Morgan fingerprint density at radius 1 is 1.05 bits per heavy atom. The number of sulfonamides is 1. The SMILES string of the molecule is O=C(O)[C@@]1(N(CCNc2nn[nH]n2)S(=O)(=O)c2ccc(-c3ccc(Cl)cc3)cc2)C[C@H]1c1ccccc1. The first-order chi connectivity index (χ1) is 17.8. The number of halogens is 1. The average Bonchev–Trinajstić information content (AvgIpc) is 3.45. The highest BCUT2D eigenvalue weighted by Gasteiger charge is 2.67. The van der Waals surface area contributed by atoms with Gasteiger partial charge in [0.15, 0.2) is 0 Å². The second-order valence-corrected chi connectivity index (χ2v) is 11.0. The molecule has 37 heavy (non-hydrogen) atoms. The zero-order valence-corrected chi connectivity index (χ0v) is 21.0. The molecule has 3 N–H and O–H groups in total. The van der Waals surface area contributed by atoms with Crippen molar-refractivity contribution < 1.29 is 18.3 Å². The molecule has 190 valence electrons. The van der Waals surface area contributed by atoms with Crippen LogP contribution in [0, 0.1) is 0 Å². The van der Waals surface area contributed by atoms with Gasteiger partial charge in [0.2, 0.25) is 10.0 Å². The molecule has 1 fully saturated rings. The van der Waals surface area contributed by atoms with Gasteiger partial charge >= 0.3 is 5.97 Å². The number of anilines is 1. The fourth-order valence-electron chi connectivity index (χ4n) is 4.58. The number of H-pyrrole nitrogens is 1. The zero-order valence-electron chi connectivity index (χ0n) is 19.5. The van der Waals surface area contributed by atoms with Crippen molar-refractivity contribution in [3.05, 3.63) is 89.4 Å². The molecular formula is C25H23ClN6O4S. The van der Waals surface area contributed by atoms with E-state index in [0.717, 1.165) is 21.0 Å². The minimum absolute atomic E-state index is 0.00381. The van der Waals surface area contributed by atoms with E-state index < -0.39 is 27.4 Å². The third kappa shape index (κ3) is 4.80. The van der Waals surface area contributed by atoms with E-state index in [4.69, 9.17) is 11.6 Å². The van der Waals surface area contributed by atoms with Gasteiger partial charge in [0.25, 0.3) is 5.95 Å². The summed E-state index contributed by atoms with van der Waals surface area (Å²) in [6.07, 6.45) is 0.163. The van der Waals surface area contributed by atoms with E-state index in [1.54, 1.807) is 24.3 Å². The molecule has 1 saturated carbocycles. The fraction of sp³-hybridized carbons (Fsp3) is 0.200. The van der Waals surface area contributed by atoms with E-state index in [-0.39, 0.29) is 30.4 Å². The van der Waals surface area contributed by atoms with Gasteiger partial charge < -0.3 is 10.4 Å². The first-order valence-corrected chi connectivity index (χ1v) is 13.3. The Kier molecular flexibility index (Phi) is 6.67. The van der Waals surface area contributed by atoms with Gasteiger partial charge in [0.1, 0.15) is 5.54 Å². The summed E-state index contributed by atoms with van der Waals surface area (Å²) in [5, 5.41) is 27.2. The minimum Gasteiger partial charge on any atom is -0.480 e. The summed E-state index contributed by atoms with van der Waals surface area (Å²) in [5.41, 5.74) is 0.841. The Bertz CT molecular complexity index is 1480. The molecule has 0 unspecified atom stereocenters. The predicted molar refractivity (Wildman–Crippen MR) is 138 cm³/mol. The van der Waals surface area contributed by atoms with Crippen LogP contribution < -0.4 is 5.32 Å². The second-order valence-electron chi connectivity index (χ2n) is 8.67. The number of hydrogen-bond donors (Lipinski definition) is 3. The lowest BCUT2D eigenvalue weighted by molar-refractivity contribution is -0.143. The van der Waals surface area contributed by atoms with Crippen molar-refractivity contribution in [2.45, 2.75) is 22.8 Å². The lowest BCUT2D eigenvalue weighted by atomic mass is 10.1. The summed E-state index contributed by atoms with van der Waals surface area (Å²) in [6.45, 7) is -0.0381. The molecule has 0 amide bonds. The van der Waals surface area contributed by atoms with Crippen molar-refractivity contribution in [2.24, 2.45) is 0 Å². The van der Waals surface area contributed by atoms with Crippen molar-refractivity contribution in [3.8, 4) is 11.1 Å². The summed E-state index contributed by atoms with van der Waals surface area (Å²) in [4.78, 5) is 12.7. The van der Waals surface area contributed by atoms with E-state index in [2.05, 4.69) is 25.9 Å². The van der Waals surface area contributed by atoms with Crippen molar-refractivity contribution in [3.63, 3.8) is 0 Å². The molecule has 0 radical (unpaired) electrons. The third-order valence-corrected chi connectivity index (χ3v) is 8.72. The van der Waals surface area contributed by atoms with E-state index >= 15 is 0 Å². The largest absolute Gasteiger partial charge is 0.480 e. The molecule has 0 saturated heterocycles. The molecule has 5 rings (SSSR count). The second kappa shape index (κ2) is 9.92. The maximum atomic E-state index is 14.0. The number of carbonyl (C=O) groups is 1. The number of nitrogens with zero attached hydrogens (tertiary/aromatic N) is 4. The fourth-order valence-corrected chi connectivity index (χ4v) is 6.48. The summed E-state index contributed by atoms with van der Waals surface area (Å²) in [6, 6.07) is 22.7. The molecule has 2 atom stereocenters. The Morgan fingerprint density at radius 3 is 2.30 bits per heavy atom. The Labute approximate surface area is 218 Å². The number of aromatic amines is 1. The smallest absolute Gasteiger partial charge is 0.325 e. The lowest BCUT2D eigenvalue weighted by Gasteiger charge is -2.29. The molecule has 12 heteroatoms. The van der Waals surface area contributed by atoms with Crippen LogP contribution in [0.2, 0.25) is 5.02 Å². The van der Waals surface area contributed by atoms with Crippen molar-refractivity contribution >= 4 is 33.5 Å². The van der Waals surface area contributed by atoms with Crippen LogP contribution in [-0.4, -0.2) is 63.1 Å². The number of aliphatic carboxylic acids is 1. The number of hydrogen-bond acceptors (Lipinski definition) is 7. The maximum absolute atomic E-state index is 14.0. The highest BCUT2D eigenvalue weighted by Crippen LogP contribution is 2.57. The maximum Gasteiger partial charge on any atom is 0.325 e. The van der Waals surface area contributed by atoms with Gasteiger partial charge in [0, 0.05) is 24.0 Å². The van der Waals surface area contributed by atoms with E-state index in [1.165, 1.54) is 12.1 Å². The van der Waals surface area contributed by atoms with Gasteiger partial charge in [-0.1, -0.05) is 71.3 Å². The van der Waals surface area contributed by atoms with Crippen molar-refractivity contribution in [1.29, 1.82) is 0 Å². The highest BCUT2D eigenvalue weighted by molar-refractivity contribution is 7.89. The van der Waals surface area contributed by atoms with Gasteiger partial charge in [0.05, 0.1) is 4.90 Å².